The van der Waals surface area contributed by atoms with Crippen molar-refractivity contribution in [2.75, 3.05) is 0 Å². The van der Waals surface area contributed by atoms with Gasteiger partial charge >= 0.3 is 5.97 Å². The van der Waals surface area contributed by atoms with Crippen LogP contribution in [0.3, 0.4) is 0 Å². The van der Waals surface area contributed by atoms with Gasteiger partial charge in [0.2, 0.25) is 0 Å². The molecule has 0 N–H and O–H groups in total. The largest absolute Gasteiger partial charge is 0.458 e. The van der Waals surface area contributed by atoms with Gasteiger partial charge in [-0.25, -0.2) is 4.79 Å². The van der Waals surface area contributed by atoms with Crippen molar-refractivity contribution in [3.05, 3.63) is 29.4 Å². The first-order chi connectivity index (χ1) is 9.72. The molecule has 0 aliphatic heterocycles. The summed E-state index contributed by atoms with van der Waals surface area (Å²) >= 11 is 1.05. The minimum atomic E-state index is -0.359. The summed E-state index contributed by atoms with van der Waals surface area (Å²) in [5.74, 6) is -0.359. The van der Waals surface area contributed by atoms with Crippen molar-refractivity contribution in [1.82, 2.24) is 14.6 Å². The number of carbonyl (C=O) groups excluding carboxylic acids is 1. The van der Waals surface area contributed by atoms with Gasteiger partial charge in [0, 0.05) is 18.0 Å². The molecular formula is C14H17N3O2S. The second kappa shape index (κ2) is 7.09. The first-order valence-corrected chi connectivity index (χ1v) is 7.43. The highest BCUT2D eigenvalue weighted by atomic mass is 32.1. The van der Waals surface area contributed by atoms with Gasteiger partial charge in [0.15, 0.2) is 4.88 Å². The Morgan fingerprint density at radius 2 is 2.35 bits per heavy atom. The molecule has 0 aromatic carbocycles. The van der Waals surface area contributed by atoms with Gasteiger partial charge in [0.1, 0.15) is 5.69 Å². The third kappa shape index (κ3) is 3.60. The van der Waals surface area contributed by atoms with Crippen LogP contribution < -0.4 is 0 Å². The van der Waals surface area contributed by atoms with E-state index in [1.54, 1.807) is 18.5 Å². The van der Waals surface area contributed by atoms with Gasteiger partial charge in [-0.3, -0.25) is 4.98 Å². The van der Waals surface area contributed by atoms with E-state index in [-0.39, 0.29) is 12.1 Å². The van der Waals surface area contributed by atoms with Crippen molar-refractivity contribution >= 4 is 17.5 Å². The molecule has 0 aliphatic carbocycles. The minimum absolute atomic E-state index is 0.0914. The predicted octanol–water partition coefficient (Wildman–Crippen LogP) is 3.34. The maximum atomic E-state index is 12.2. The zero-order chi connectivity index (χ0) is 14.4. The lowest BCUT2D eigenvalue weighted by molar-refractivity contribution is 0.0327. The number of esters is 1. The smallest absolute Gasteiger partial charge is 0.352 e. The van der Waals surface area contributed by atoms with Crippen LogP contribution in [-0.2, 0) is 4.74 Å². The van der Waals surface area contributed by atoms with E-state index >= 15 is 0 Å². The lowest BCUT2D eigenvalue weighted by Crippen LogP contribution is -2.14. The molecule has 0 amide bonds. The van der Waals surface area contributed by atoms with Crippen molar-refractivity contribution in [1.29, 1.82) is 0 Å². The summed E-state index contributed by atoms with van der Waals surface area (Å²) in [4.78, 5) is 16.6. The summed E-state index contributed by atoms with van der Waals surface area (Å²) in [6, 6.07) is 3.65. The second-order valence-electron chi connectivity index (χ2n) is 4.55. The molecule has 0 spiro atoms. The highest BCUT2D eigenvalue weighted by molar-refractivity contribution is 7.08. The van der Waals surface area contributed by atoms with Crippen LogP contribution in [-0.4, -0.2) is 26.6 Å². The average molecular weight is 291 g/mol. The number of unbranched alkanes of at least 4 members (excludes halogenated alkanes) is 1. The molecule has 106 valence electrons. The number of rotatable bonds is 6. The molecule has 1 unspecified atom stereocenters. The third-order valence-electron chi connectivity index (χ3n) is 2.88. The van der Waals surface area contributed by atoms with Gasteiger partial charge in [-0.15, -0.1) is 5.10 Å². The first-order valence-electron chi connectivity index (χ1n) is 6.66. The Kier molecular flexibility index (Phi) is 5.17. The lowest BCUT2D eigenvalue weighted by atomic mass is 10.2. The number of carbonyl (C=O) groups is 1. The standard InChI is InChI=1S/C14H17N3O2S/c1-3-4-6-10(2)19-14(18)13-12(16-17-20-13)11-7-5-8-15-9-11/h5,7-10H,3-4,6H2,1-2H3. The fourth-order valence-corrected chi connectivity index (χ4v) is 2.37. The molecule has 20 heavy (non-hydrogen) atoms. The molecule has 2 aromatic rings. The van der Waals surface area contributed by atoms with Crippen molar-refractivity contribution < 1.29 is 9.53 Å². The van der Waals surface area contributed by atoms with Gasteiger partial charge < -0.3 is 4.74 Å². The van der Waals surface area contributed by atoms with Gasteiger partial charge in [-0.1, -0.05) is 24.3 Å². The molecule has 2 aromatic heterocycles. The normalized spacial score (nSPS) is 12.1. The fraction of sp³-hybridized carbons (Fsp3) is 0.429. The Labute approximate surface area is 122 Å². The Morgan fingerprint density at radius 3 is 3.05 bits per heavy atom. The van der Waals surface area contributed by atoms with Crippen molar-refractivity contribution in [3.8, 4) is 11.3 Å². The number of pyridine rings is 1. The van der Waals surface area contributed by atoms with Crippen LogP contribution >= 0.6 is 11.5 Å². The van der Waals surface area contributed by atoms with Crippen LogP contribution in [0.5, 0.6) is 0 Å². The zero-order valence-electron chi connectivity index (χ0n) is 11.6. The van der Waals surface area contributed by atoms with Gasteiger partial charge in [-0.2, -0.15) is 0 Å². The Bertz CT molecular complexity index is 557. The quantitative estimate of drug-likeness (QED) is 0.764. The highest BCUT2D eigenvalue weighted by Crippen LogP contribution is 2.24. The number of hydrogen-bond donors (Lipinski definition) is 0. The number of ether oxygens (including phenoxy) is 1. The molecule has 2 rings (SSSR count). The summed E-state index contributed by atoms with van der Waals surface area (Å²) in [6.45, 7) is 4.02. The summed E-state index contributed by atoms with van der Waals surface area (Å²) < 4.78 is 9.28. The highest BCUT2D eigenvalue weighted by Gasteiger charge is 2.21. The van der Waals surface area contributed by atoms with Crippen LogP contribution in [0.1, 0.15) is 42.8 Å². The Hall–Kier alpha value is -1.82. The molecule has 0 saturated carbocycles. The van der Waals surface area contributed by atoms with E-state index in [4.69, 9.17) is 4.74 Å². The molecule has 0 saturated heterocycles. The lowest BCUT2D eigenvalue weighted by Gasteiger charge is -2.11. The van der Waals surface area contributed by atoms with Crippen LogP contribution in [0.2, 0.25) is 0 Å². The first kappa shape index (κ1) is 14.6. The molecular weight excluding hydrogens is 274 g/mol. The topological polar surface area (TPSA) is 65.0 Å². The second-order valence-corrected chi connectivity index (χ2v) is 5.30. The maximum absolute atomic E-state index is 12.2. The van der Waals surface area contributed by atoms with Crippen molar-refractivity contribution in [2.24, 2.45) is 0 Å². The van der Waals surface area contributed by atoms with Crippen LogP contribution in [0.4, 0.5) is 0 Å². The molecule has 0 aliphatic rings. The number of aromatic nitrogens is 3. The van der Waals surface area contributed by atoms with E-state index in [2.05, 4.69) is 21.5 Å². The predicted molar refractivity (Wildman–Crippen MR) is 77.5 cm³/mol. The summed E-state index contributed by atoms with van der Waals surface area (Å²) in [6.07, 6.45) is 6.25. The van der Waals surface area contributed by atoms with Crippen molar-refractivity contribution in [3.63, 3.8) is 0 Å². The monoisotopic (exact) mass is 291 g/mol. The summed E-state index contributed by atoms with van der Waals surface area (Å²) in [7, 11) is 0. The molecule has 0 fully saturated rings. The third-order valence-corrected chi connectivity index (χ3v) is 3.59. The van der Waals surface area contributed by atoms with Gasteiger partial charge in [0.05, 0.1) is 6.10 Å². The molecule has 0 radical (unpaired) electrons. The van der Waals surface area contributed by atoms with Crippen LogP contribution in [0.15, 0.2) is 24.5 Å². The fourth-order valence-electron chi connectivity index (χ4n) is 1.80. The zero-order valence-corrected chi connectivity index (χ0v) is 12.4. The van der Waals surface area contributed by atoms with E-state index in [1.165, 1.54) is 0 Å². The molecule has 2 heterocycles. The van der Waals surface area contributed by atoms with E-state index in [0.717, 1.165) is 36.4 Å². The Balaban J connectivity index is 2.10. The maximum Gasteiger partial charge on any atom is 0.352 e. The van der Waals surface area contributed by atoms with E-state index in [1.807, 2.05) is 13.0 Å². The van der Waals surface area contributed by atoms with E-state index in [9.17, 15) is 4.79 Å². The number of nitrogens with zero attached hydrogens (tertiary/aromatic N) is 3. The molecule has 6 heteroatoms. The van der Waals surface area contributed by atoms with Gasteiger partial charge in [0.25, 0.3) is 0 Å². The molecule has 0 bridgehead atoms. The average Bonchev–Trinajstić information content (AvgIpc) is 2.95. The molecule has 1 atom stereocenters. The van der Waals surface area contributed by atoms with Crippen LogP contribution in [0.25, 0.3) is 11.3 Å². The van der Waals surface area contributed by atoms with Crippen LogP contribution in [0, 0.1) is 0 Å². The van der Waals surface area contributed by atoms with Crippen molar-refractivity contribution in [2.45, 2.75) is 39.2 Å². The summed E-state index contributed by atoms with van der Waals surface area (Å²) in [5.41, 5.74) is 1.31. The van der Waals surface area contributed by atoms with E-state index < -0.39 is 0 Å². The SMILES string of the molecule is CCCCC(C)OC(=O)c1snnc1-c1cccnc1. The minimum Gasteiger partial charge on any atom is -0.458 e. The van der Waals surface area contributed by atoms with E-state index in [0.29, 0.717) is 10.6 Å². The van der Waals surface area contributed by atoms with Gasteiger partial charge in [-0.05, 0) is 37.0 Å². The Morgan fingerprint density at radius 1 is 1.50 bits per heavy atom. The number of hydrogen-bond acceptors (Lipinski definition) is 6. The summed E-state index contributed by atoms with van der Waals surface area (Å²) in [5, 5.41) is 4.00. The molecule has 5 nitrogen and oxygen atoms in total.